The first-order chi connectivity index (χ1) is 11.1. The van der Waals surface area contributed by atoms with E-state index in [1.807, 2.05) is 11.8 Å². The molecule has 0 saturated carbocycles. The van der Waals surface area contributed by atoms with Crippen LogP contribution in [0.5, 0.6) is 0 Å². The van der Waals surface area contributed by atoms with Crippen molar-refractivity contribution in [1.29, 1.82) is 0 Å². The van der Waals surface area contributed by atoms with E-state index in [1.54, 1.807) is 34.9 Å². The zero-order valence-corrected chi connectivity index (χ0v) is 15.2. The van der Waals surface area contributed by atoms with E-state index in [4.69, 9.17) is 0 Å². The topological polar surface area (TPSA) is 66.5 Å². The smallest absolute Gasteiger partial charge is 0.253 e. The molecule has 126 valence electrons. The van der Waals surface area contributed by atoms with Gasteiger partial charge >= 0.3 is 0 Å². The quantitative estimate of drug-likeness (QED) is 0.871. The summed E-state index contributed by atoms with van der Waals surface area (Å²) in [5, 5.41) is 0. The summed E-state index contributed by atoms with van der Waals surface area (Å²) in [5.74, 6) is 3.58. The van der Waals surface area contributed by atoms with Gasteiger partial charge < -0.3 is 4.90 Å². The van der Waals surface area contributed by atoms with Crippen LogP contribution in [0.4, 0.5) is 0 Å². The number of nitrogens with zero attached hydrogens (tertiary/aromatic N) is 1. The average molecular weight is 373 g/mol. The van der Waals surface area contributed by atoms with Crippen molar-refractivity contribution in [1.82, 2.24) is 9.62 Å². The zero-order valence-electron chi connectivity index (χ0n) is 12.7. The summed E-state index contributed by atoms with van der Waals surface area (Å²) in [4.78, 5) is 14.5. The predicted octanol–water partition coefficient (Wildman–Crippen LogP) is 1.66. The maximum absolute atomic E-state index is 12.5. The van der Waals surface area contributed by atoms with Gasteiger partial charge in [-0.3, -0.25) is 4.79 Å². The molecule has 8 heteroatoms. The number of nitrogens with one attached hydrogen (secondary N) is 1. The fourth-order valence-electron chi connectivity index (χ4n) is 2.66. The van der Waals surface area contributed by atoms with Gasteiger partial charge in [0, 0.05) is 42.0 Å². The number of carbonyl (C=O) groups is 1. The van der Waals surface area contributed by atoms with Crippen molar-refractivity contribution in [2.75, 3.05) is 36.1 Å². The number of rotatable bonds is 4. The molecule has 2 aliphatic rings. The minimum atomic E-state index is -3.57. The first kappa shape index (κ1) is 17.1. The molecule has 23 heavy (non-hydrogen) atoms. The minimum Gasteiger partial charge on any atom is -0.337 e. The van der Waals surface area contributed by atoms with Gasteiger partial charge in [-0.25, -0.2) is 13.1 Å². The molecule has 1 atom stereocenters. The van der Waals surface area contributed by atoms with E-state index in [-0.39, 0.29) is 16.8 Å². The van der Waals surface area contributed by atoms with Gasteiger partial charge in [-0.2, -0.15) is 23.5 Å². The molecule has 2 aliphatic heterocycles. The molecule has 0 bridgehead atoms. The molecule has 0 aromatic heterocycles. The van der Waals surface area contributed by atoms with Crippen LogP contribution >= 0.6 is 23.5 Å². The molecule has 1 amide bonds. The molecule has 2 saturated heterocycles. The van der Waals surface area contributed by atoms with Gasteiger partial charge in [0.1, 0.15) is 0 Å². The highest BCUT2D eigenvalue weighted by atomic mass is 32.2. The maximum Gasteiger partial charge on any atom is 0.253 e. The van der Waals surface area contributed by atoms with Crippen LogP contribution in [-0.4, -0.2) is 61.4 Å². The van der Waals surface area contributed by atoms with Crippen LogP contribution in [0.15, 0.2) is 29.2 Å². The number of hydrogen-bond acceptors (Lipinski definition) is 5. The van der Waals surface area contributed by atoms with E-state index in [2.05, 4.69) is 4.72 Å². The lowest BCUT2D eigenvalue weighted by atomic mass is 10.2. The lowest BCUT2D eigenvalue weighted by Crippen LogP contribution is -2.38. The molecule has 3 rings (SSSR count). The second-order valence-electron chi connectivity index (χ2n) is 5.61. The molecule has 0 aliphatic carbocycles. The van der Waals surface area contributed by atoms with Crippen LogP contribution in [0.25, 0.3) is 0 Å². The number of sulfonamides is 1. The zero-order chi connectivity index (χ0) is 16.3. The fourth-order valence-corrected chi connectivity index (χ4v) is 6.14. The lowest BCUT2D eigenvalue weighted by molar-refractivity contribution is 0.0772. The van der Waals surface area contributed by atoms with Crippen LogP contribution in [0.2, 0.25) is 0 Å². The number of carbonyl (C=O) groups excluding carboxylic acids is 1. The van der Waals surface area contributed by atoms with Gasteiger partial charge in [-0.1, -0.05) is 6.07 Å². The van der Waals surface area contributed by atoms with Crippen molar-refractivity contribution in [3.05, 3.63) is 29.8 Å². The van der Waals surface area contributed by atoms with Crippen LogP contribution in [0, 0.1) is 0 Å². The number of thioether (sulfide) groups is 2. The Labute approximate surface area is 145 Å². The maximum atomic E-state index is 12.5. The number of benzene rings is 1. The van der Waals surface area contributed by atoms with Crippen LogP contribution < -0.4 is 4.72 Å². The van der Waals surface area contributed by atoms with Gasteiger partial charge in [0.2, 0.25) is 10.0 Å². The normalized spacial score (nSPS) is 22.3. The molecular weight excluding hydrogens is 352 g/mol. The Morgan fingerprint density at radius 1 is 1.17 bits per heavy atom. The summed E-state index contributed by atoms with van der Waals surface area (Å²) >= 11 is 3.59. The molecule has 0 unspecified atom stereocenters. The predicted molar refractivity (Wildman–Crippen MR) is 95.7 cm³/mol. The SMILES string of the molecule is O=C(c1cccc(S(=O)(=O)N[C@H]2CCSC2)c1)N1CCSCC1. The average Bonchev–Trinajstić information content (AvgIpc) is 3.07. The summed E-state index contributed by atoms with van der Waals surface area (Å²) in [7, 11) is -3.57. The van der Waals surface area contributed by atoms with Gasteiger partial charge in [-0.05, 0) is 30.4 Å². The third-order valence-electron chi connectivity index (χ3n) is 3.94. The minimum absolute atomic E-state index is 0.0107. The van der Waals surface area contributed by atoms with Crippen molar-refractivity contribution in [3.8, 4) is 0 Å². The number of hydrogen-bond donors (Lipinski definition) is 1. The largest absolute Gasteiger partial charge is 0.337 e. The fraction of sp³-hybridized carbons (Fsp3) is 0.533. The molecule has 1 aromatic carbocycles. The van der Waals surface area contributed by atoms with Gasteiger partial charge in [0.25, 0.3) is 5.91 Å². The Morgan fingerprint density at radius 2 is 1.96 bits per heavy atom. The van der Waals surface area contributed by atoms with E-state index in [1.165, 1.54) is 6.07 Å². The monoisotopic (exact) mass is 372 g/mol. The second-order valence-corrected chi connectivity index (χ2v) is 9.70. The first-order valence-corrected chi connectivity index (χ1v) is 11.4. The third-order valence-corrected chi connectivity index (χ3v) is 7.56. The van der Waals surface area contributed by atoms with Crippen LogP contribution in [-0.2, 0) is 10.0 Å². The highest BCUT2D eigenvalue weighted by Gasteiger charge is 2.25. The lowest BCUT2D eigenvalue weighted by Gasteiger charge is -2.26. The van der Waals surface area contributed by atoms with E-state index in [9.17, 15) is 13.2 Å². The van der Waals surface area contributed by atoms with Crippen molar-refractivity contribution in [2.45, 2.75) is 17.4 Å². The summed E-state index contributed by atoms with van der Waals surface area (Å²) in [6, 6.07) is 6.36. The molecule has 2 heterocycles. The molecule has 2 fully saturated rings. The van der Waals surface area contributed by atoms with Crippen LogP contribution in [0.1, 0.15) is 16.8 Å². The van der Waals surface area contributed by atoms with Crippen molar-refractivity contribution in [3.63, 3.8) is 0 Å². The Morgan fingerprint density at radius 3 is 2.65 bits per heavy atom. The first-order valence-electron chi connectivity index (χ1n) is 7.63. The summed E-state index contributed by atoms with van der Waals surface area (Å²) < 4.78 is 27.7. The van der Waals surface area contributed by atoms with Gasteiger partial charge in [0.05, 0.1) is 4.90 Å². The molecule has 0 spiro atoms. The molecule has 1 N–H and O–H groups in total. The second kappa shape index (κ2) is 7.46. The molecule has 0 radical (unpaired) electrons. The standard InChI is InChI=1S/C15H20N2O3S3/c18-15(17-5-8-21-9-6-17)12-2-1-3-14(10-12)23(19,20)16-13-4-7-22-11-13/h1-3,10,13,16H,4-9,11H2/t13-/m0/s1. The number of amides is 1. The van der Waals surface area contributed by atoms with E-state index >= 15 is 0 Å². The Bertz CT molecular complexity index is 666. The molecular formula is C15H20N2O3S3. The summed E-state index contributed by atoms with van der Waals surface area (Å²) in [6.45, 7) is 1.44. The Balaban J connectivity index is 1.77. The van der Waals surface area contributed by atoms with E-state index in [0.717, 1.165) is 42.5 Å². The highest BCUT2D eigenvalue weighted by Crippen LogP contribution is 2.21. The van der Waals surface area contributed by atoms with Crippen molar-refractivity contribution >= 4 is 39.5 Å². The summed E-state index contributed by atoms with van der Waals surface area (Å²) in [6.07, 6.45) is 0.855. The van der Waals surface area contributed by atoms with Crippen molar-refractivity contribution < 1.29 is 13.2 Å². The molecule has 1 aromatic rings. The molecule has 5 nitrogen and oxygen atoms in total. The van der Waals surface area contributed by atoms with Gasteiger partial charge in [-0.15, -0.1) is 0 Å². The van der Waals surface area contributed by atoms with E-state index < -0.39 is 10.0 Å². The third kappa shape index (κ3) is 4.23. The Kier molecular flexibility index (Phi) is 5.56. The Hall–Kier alpha value is -0.700. The van der Waals surface area contributed by atoms with Crippen molar-refractivity contribution in [2.24, 2.45) is 0 Å². The van der Waals surface area contributed by atoms with Crippen LogP contribution in [0.3, 0.4) is 0 Å². The van der Waals surface area contributed by atoms with Gasteiger partial charge in [0.15, 0.2) is 0 Å². The highest BCUT2D eigenvalue weighted by molar-refractivity contribution is 7.99. The van der Waals surface area contributed by atoms with E-state index in [0.29, 0.717) is 5.56 Å². The summed E-state index contributed by atoms with van der Waals surface area (Å²) in [5.41, 5.74) is 0.445.